The number of benzene rings is 1. The van der Waals surface area contributed by atoms with Crippen LogP contribution in [0.25, 0.3) is 0 Å². The molecule has 2 rings (SSSR count). The Bertz CT molecular complexity index is 755. The maximum atomic E-state index is 12.1. The van der Waals surface area contributed by atoms with E-state index < -0.39 is 22.9 Å². The average Bonchev–Trinajstić information content (AvgIpc) is 3.09. The van der Waals surface area contributed by atoms with E-state index >= 15 is 0 Å². The van der Waals surface area contributed by atoms with Crippen molar-refractivity contribution in [3.63, 3.8) is 0 Å². The van der Waals surface area contributed by atoms with Crippen molar-refractivity contribution in [2.75, 3.05) is 12.4 Å². The lowest BCUT2D eigenvalue weighted by molar-refractivity contribution is -0.384. The second kappa shape index (κ2) is 7.27. The lowest BCUT2D eigenvalue weighted by atomic mass is 10.2. The monoisotopic (exact) mass is 334 g/mol. The largest absolute Gasteiger partial charge is 0.495 e. The van der Waals surface area contributed by atoms with Gasteiger partial charge in [-0.3, -0.25) is 14.9 Å². The van der Waals surface area contributed by atoms with Crippen LogP contribution in [0.3, 0.4) is 0 Å². The van der Waals surface area contributed by atoms with Gasteiger partial charge in [0, 0.05) is 12.1 Å². The minimum atomic E-state index is -1.13. The van der Waals surface area contributed by atoms with Crippen molar-refractivity contribution >= 4 is 23.3 Å². The predicted octanol–water partition coefficient (Wildman–Crippen LogP) is 2.38. The van der Waals surface area contributed by atoms with Gasteiger partial charge in [0.15, 0.2) is 6.10 Å². The summed E-state index contributed by atoms with van der Waals surface area (Å²) in [4.78, 5) is 34.1. The molecule has 1 heterocycles. The number of nitrogens with one attached hydrogen (secondary N) is 1. The second-order valence-corrected chi connectivity index (χ2v) is 4.69. The van der Waals surface area contributed by atoms with E-state index in [1.54, 1.807) is 0 Å². The maximum absolute atomic E-state index is 12.1. The van der Waals surface area contributed by atoms with Crippen LogP contribution in [-0.4, -0.2) is 30.0 Å². The zero-order valence-corrected chi connectivity index (χ0v) is 12.8. The third kappa shape index (κ3) is 3.88. The van der Waals surface area contributed by atoms with Crippen LogP contribution in [0.4, 0.5) is 11.4 Å². The molecule has 1 atom stereocenters. The van der Waals surface area contributed by atoms with Crippen LogP contribution in [0.2, 0.25) is 0 Å². The lowest BCUT2D eigenvalue weighted by Crippen LogP contribution is -2.30. The topological polar surface area (TPSA) is 121 Å². The van der Waals surface area contributed by atoms with E-state index in [4.69, 9.17) is 13.9 Å². The number of non-ortho nitro benzene ring substituents is 1. The summed E-state index contributed by atoms with van der Waals surface area (Å²) in [5, 5.41) is 13.3. The van der Waals surface area contributed by atoms with Crippen molar-refractivity contribution in [2.45, 2.75) is 13.0 Å². The Labute approximate surface area is 136 Å². The van der Waals surface area contributed by atoms with Gasteiger partial charge in [-0.2, -0.15) is 0 Å². The molecular weight excluding hydrogens is 320 g/mol. The number of nitro groups is 1. The molecule has 0 saturated carbocycles. The fraction of sp³-hybridized carbons (Fsp3) is 0.200. The normalized spacial score (nSPS) is 11.4. The number of esters is 1. The molecule has 1 amide bonds. The highest BCUT2D eigenvalue weighted by Crippen LogP contribution is 2.29. The molecule has 0 saturated heterocycles. The van der Waals surface area contributed by atoms with Crippen LogP contribution in [0.1, 0.15) is 17.3 Å². The lowest BCUT2D eigenvalue weighted by Gasteiger charge is -2.14. The number of amides is 1. The smallest absolute Gasteiger partial charge is 0.342 e. The van der Waals surface area contributed by atoms with Gasteiger partial charge in [0.1, 0.15) is 12.0 Å². The first-order valence-corrected chi connectivity index (χ1v) is 6.79. The predicted molar refractivity (Wildman–Crippen MR) is 81.9 cm³/mol. The van der Waals surface area contributed by atoms with Crippen molar-refractivity contribution in [3.8, 4) is 5.75 Å². The molecule has 0 aliphatic heterocycles. The van der Waals surface area contributed by atoms with Gasteiger partial charge < -0.3 is 19.2 Å². The third-order valence-electron chi connectivity index (χ3n) is 3.06. The molecule has 126 valence electrons. The van der Waals surface area contributed by atoms with E-state index in [2.05, 4.69) is 5.32 Å². The van der Waals surface area contributed by atoms with E-state index in [1.807, 2.05) is 0 Å². The second-order valence-electron chi connectivity index (χ2n) is 4.69. The Hall–Kier alpha value is -3.36. The van der Waals surface area contributed by atoms with E-state index in [0.717, 1.165) is 6.07 Å². The zero-order valence-electron chi connectivity index (χ0n) is 12.8. The van der Waals surface area contributed by atoms with E-state index in [1.165, 1.54) is 44.8 Å². The van der Waals surface area contributed by atoms with Crippen molar-refractivity contribution < 1.29 is 28.4 Å². The van der Waals surface area contributed by atoms with Gasteiger partial charge in [-0.05, 0) is 19.1 Å². The van der Waals surface area contributed by atoms with Crippen molar-refractivity contribution in [1.29, 1.82) is 0 Å². The summed E-state index contributed by atoms with van der Waals surface area (Å²) in [5.74, 6) is -1.15. The van der Waals surface area contributed by atoms with Gasteiger partial charge >= 0.3 is 5.97 Å². The minimum absolute atomic E-state index is 0.0999. The number of methoxy groups -OCH3 is 1. The van der Waals surface area contributed by atoms with Gasteiger partial charge in [0.25, 0.3) is 11.6 Å². The number of carbonyl (C=O) groups is 2. The Kier molecular flexibility index (Phi) is 5.15. The summed E-state index contributed by atoms with van der Waals surface area (Å²) in [7, 11) is 1.36. The summed E-state index contributed by atoms with van der Waals surface area (Å²) in [6.07, 6.45) is 1.36. The molecule has 24 heavy (non-hydrogen) atoms. The Morgan fingerprint density at radius 3 is 2.67 bits per heavy atom. The number of hydrogen-bond acceptors (Lipinski definition) is 7. The third-order valence-corrected chi connectivity index (χ3v) is 3.06. The first-order valence-electron chi connectivity index (χ1n) is 6.79. The first kappa shape index (κ1) is 17.0. The highest BCUT2D eigenvalue weighted by molar-refractivity contribution is 5.98. The van der Waals surface area contributed by atoms with E-state index in [-0.39, 0.29) is 22.7 Å². The number of nitro benzene ring substituents is 1. The fourth-order valence-corrected chi connectivity index (χ4v) is 1.80. The molecular formula is C15H14N2O7. The van der Waals surface area contributed by atoms with Crippen molar-refractivity contribution in [2.24, 2.45) is 0 Å². The molecule has 1 unspecified atom stereocenters. The molecule has 0 bridgehead atoms. The fourth-order valence-electron chi connectivity index (χ4n) is 1.80. The Morgan fingerprint density at radius 1 is 1.33 bits per heavy atom. The summed E-state index contributed by atoms with van der Waals surface area (Å²) in [5.41, 5.74) is 0.0552. The molecule has 1 N–H and O–H groups in total. The standard InChI is InChI=1S/C15H14N2O7/c1-9(24-15(19)10-5-6-23-8-10)14(18)16-12-7-11(17(20)21)3-4-13(12)22-2/h3-9H,1-2H3,(H,16,18). The number of ether oxygens (including phenoxy) is 2. The molecule has 0 aliphatic rings. The number of nitrogens with zero attached hydrogens (tertiary/aromatic N) is 1. The molecule has 9 heteroatoms. The van der Waals surface area contributed by atoms with E-state index in [0.29, 0.717) is 0 Å². The first-order chi connectivity index (χ1) is 11.4. The van der Waals surface area contributed by atoms with Crippen LogP contribution in [0.5, 0.6) is 5.75 Å². The Balaban J connectivity index is 2.09. The quantitative estimate of drug-likeness (QED) is 0.489. The summed E-state index contributed by atoms with van der Waals surface area (Å²) < 4.78 is 14.8. The highest BCUT2D eigenvalue weighted by Gasteiger charge is 2.21. The summed E-state index contributed by atoms with van der Waals surface area (Å²) in [6, 6.07) is 5.16. The molecule has 1 aromatic carbocycles. The molecule has 0 spiro atoms. The van der Waals surface area contributed by atoms with Crippen molar-refractivity contribution in [3.05, 3.63) is 52.5 Å². The van der Waals surface area contributed by atoms with Gasteiger partial charge in [0.2, 0.25) is 0 Å². The summed E-state index contributed by atoms with van der Waals surface area (Å²) >= 11 is 0. The number of carbonyl (C=O) groups excluding carboxylic acids is 2. The van der Waals surface area contributed by atoms with Crippen LogP contribution >= 0.6 is 0 Å². The van der Waals surface area contributed by atoms with Crippen LogP contribution in [-0.2, 0) is 9.53 Å². The molecule has 0 aliphatic carbocycles. The number of rotatable bonds is 6. The Morgan fingerprint density at radius 2 is 2.08 bits per heavy atom. The van der Waals surface area contributed by atoms with Crippen LogP contribution < -0.4 is 10.1 Å². The highest BCUT2D eigenvalue weighted by atomic mass is 16.6. The van der Waals surface area contributed by atoms with Crippen LogP contribution in [0, 0.1) is 10.1 Å². The van der Waals surface area contributed by atoms with Gasteiger partial charge in [-0.25, -0.2) is 4.79 Å². The SMILES string of the molecule is COc1ccc([N+](=O)[O-])cc1NC(=O)C(C)OC(=O)c1ccoc1. The molecule has 0 radical (unpaired) electrons. The van der Waals surface area contributed by atoms with Crippen LogP contribution in [0.15, 0.2) is 41.2 Å². The zero-order chi connectivity index (χ0) is 17.7. The molecule has 1 aromatic heterocycles. The average molecular weight is 334 g/mol. The molecule has 2 aromatic rings. The maximum Gasteiger partial charge on any atom is 0.342 e. The number of hydrogen-bond donors (Lipinski definition) is 1. The summed E-state index contributed by atoms with van der Waals surface area (Å²) in [6.45, 7) is 1.37. The van der Waals surface area contributed by atoms with Gasteiger partial charge in [-0.1, -0.05) is 0 Å². The van der Waals surface area contributed by atoms with Gasteiger partial charge in [0.05, 0.1) is 29.5 Å². The van der Waals surface area contributed by atoms with Crippen molar-refractivity contribution in [1.82, 2.24) is 0 Å². The number of furan rings is 1. The molecule has 9 nitrogen and oxygen atoms in total. The molecule has 0 fully saturated rings. The van der Waals surface area contributed by atoms with E-state index in [9.17, 15) is 19.7 Å². The minimum Gasteiger partial charge on any atom is -0.495 e. The number of anilines is 1. The van der Waals surface area contributed by atoms with Gasteiger partial charge in [-0.15, -0.1) is 0 Å².